The third-order valence-corrected chi connectivity index (χ3v) is 4.23. The van der Waals surface area contributed by atoms with Crippen LogP contribution in [0.5, 0.6) is 0 Å². The second-order valence-electron chi connectivity index (χ2n) is 5.70. The molecule has 0 bridgehead atoms. The van der Waals surface area contributed by atoms with Crippen molar-refractivity contribution in [2.24, 2.45) is 0 Å². The summed E-state index contributed by atoms with van der Waals surface area (Å²) < 4.78 is 14.0. The summed E-state index contributed by atoms with van der Waals surface area (Å²) in [5, 5.41) is 4.34. The van der Waals surface area contributed by atoms with Gasteiger partial charge < -0.3 is 5.32 Å². The quantitative estimate of drug-likeness (QED) is 0.894. The Balaban J connectivity index is 2.55. The molecule has 0 saturated carbocycles. The Hall–Kier alpha value is -0.970. The molecule has 1 heterocycles. The van der Waals surface area contributed by atoms with Crippen LogP contribution in [0.1, 0.15) is 31.3 Å². The van der Waals surface area contributed by atoms with Gasteiger partial charge in [-0.25, -0.2) is 9.37 Å². The molecule has 1 aromatic heterocycles. The van der Waals surface area contributed by atoms with E-state index in [1.165, 1.54) is 17.4 Å². The molecule has 2 rings (SSSR count). The summed E-state index contributed by atoms with van der Waals surface area (Å²) in [4.78, 5) is 5.79. The third-order valence-electron chi connectivity index (χ3n) is 2.90. The molecule has 0 fully saturated rings. The zero-order valence-electron chi connectivity index (χ0n) is 12.1. The minimum Gasteiger partial charge on any atom is -0.315 e. The van der Waals surface area contributed by atoms with Crippen LogP contribution in [0.25, 0.3) is 10.6 Å². The van der Waals surface area contributed by atoms with Crippen molar-refractivity contribution in [3.05, 3.63) is 39.6 Å². The molecule has 108 valence electrons. The molecule has 0 aliphatic rings. The lowest BCUT2D eigenvalue weighted by Gasteiger charge is -2.17. The van der Waals surface area contributed by atoms with E-state index < -0.39 is 0 Å². The van der Waals surface area contributed by atoms with Crippen LogP contribution in [-0.2, 0) is 12.0 Å². The molecule has 0 radical (unpaired) electrons. The van der Waals surface area contributed by atoms with Gasteiger partial charge in [0.2, 0.25) is 0 Å². The molecule has 0 unspecified atom stereocenters. The highest BCUT2D eigenvalue weighted by molar-refractivity contribution is 7.15. The standard InChI is InChI=1S/C15H18ClFN2S/c1-15(2,3)13-12(8-18-4)20-14(19-13)10-7-9(16)5-6-11(10)17/h5-7,18H,8H2,1-4H3. The van der Waals surface area contributed by atoms with Crippen molar-refractivity contribution in [2.45, 2.75) is 32.7 Å². The molecule has 0 saturated heterocycles. The first-order valence-corrected chi connectivity index (χ1v) is 7.62. The summed E-state index contributed by atoms with van der Waals surface area (Å²) in [5.74, 6) is -0.292. The SMILES string of the molecule is CNCc1sc(-c2cc(Cl)ccc2F)nc1C(C)(C)C. The molecule has 0 atom stereocenters. The number of aromatic nitrogens is 1. The topological polar surface area (TPSA) is 24.9 Å². The Morgan fingerprint density at radius 1 is 1.35 bits per heavy atom. The second-order valence-corrected chi connectivity index (χ2v) is 7.22. The van der Waals surface area contributed by atoms with Gasteiger partial charge in [0.05, 0.1) is 5.69 Å². The molecule has 1 N–H and O–H groups in total. The third kappa shape index (κ3) is 3.19. The van der Waals surface area contributed by atoms with Gasteiger partial charge in [0.25, 0.3) is 0 Å². The van der Waals surface area contributed by atoms with Crippen molar-refractivity contribution in [1.29, 1.82) is 0 Å². The van der Waals surface area contributed by atoms with Gasteiger partial charge in [-0.05, 0) is 25.2 Å². The maximum absolute atomic E-state index is 14.0. The first-order valence-electron chi connectivity index (χ1n) is 6.43. The van der Waals surface area contributed by atoms with Gasteiger partial charge in [0.15, 0.2) is 0 Å². The van der Waals surface area contributed by atoms with Crippen molar-refractivity contribution >= 4 is 22.9 Å². The smallest absolute Gasteiger partial charge is 0.133 e. The molecule has 0 amide bonds. The molecule has 2 aromatic rings. The molecule has 0 aliphatic carbocycles. The largest absolute Gasteiger partial charge is 0.315 e. The van der Waals surface area contributed by atoms with E-state index in [2.05, 4.69) is 31.1 Å². The number of nitrogens with zero attached hydrogens (tertiary/aromatic N) is 1. The number of nitrogens with one attached hydrogen (secondary N) is 1. The van der Waals surface area contributed by atoms with Crippen molar-refractivity contribution in [3.8, 4) is 10.6 Å². The molecule has 0 spiro atoms. The predicted molar refractivity (Wildman–Crippen MR) is 84.0 cm³/mol. The van der Waals surface area contributed by atoms with E-state index in [1.54, 1.807) is 12.1 Å². The monoisotopic (exact) mass is 312 g/mol. The zero-order valence-corrected chi connectivity index (χ0v) is 13.6. The van der Waals surface area contributed by atoms with E-state index in [0.29, 0.717) is 15.6 Å². The molecule has 5 heteroatoms. The van der Waals surface area contributed by atoms with E-state index in [0.717, 1.165) is 17.1 Å². The zero-order chi connectivity index (χ0) is 14.9. The van der Waals surface area contributed by atoms with E-state index >= 15 is 0 Å². The molecular weight excluding hydrogens is 295 g/mol. The number of thiazole rings is 1. The number of hydrogen-bond acceptors (Lipinski definition) is 3. The van der Waals surface area contributed by atoms with Crippen LogP contribution in [0.2, 0.25) is 5.02 Å². The van der Waals surface area contributed by atoms with Gasteiger partial charge in [0.1, 0.15) is 10.8 Å². The highest BCUT2D eigenvalue weighted by Crippen LogP contribution is 2.36. The van der Waals surface area contributed by atoms with E-state index in [4.69, 9.17) is 11.6 Å². The van der Waals surface area contributed by atoms with Gasteiger partial charge in [-0.15, -0.1) is 11.3 Å². The van der Waals surface area contributed by atoms with Crippen LogP contribution >= 0.6 is 22.9 Å². The van der Waals surface area contributed by atoms with Crippen LogP contribution in [0.3, 0.4) is 0 Å². The predicted octanol–water partition coefficient (Wildman–Crippen LogP) is 4.62. The van der Waals surface area contributed by atoms with E-state index in [-0.39, 0.29) is 11.2 Å². The minimum atomic E-state index is -0.292. The van der Waals surface area contributed by atoms with Crippen LogP contribution in [0.15, 0.2) is 18.2 Å². The molecule has 20 heavy (non-hydrogen) atoms. The van der Waals surface area contributed by atoms with Gasteiger partial charge in [-0.1, -0.05) is 32.4 Å². The van der Waals surface area contributed by atoms with Gasteiger partial charge >= 0.3 is 0 Å². The maximum atomic E-state index is 14.0. The molecular formula is C15H18ClFN2S. The summed E-state index contributed by atoms with van der Waals surface area (Å²) in [5.41, 5.74) is 1.40. The Bertz CT molecular complexity index is 617. The van der Waals surface area contributed by atoms with Crippen molar-refractivity contribution in [2.75, 3.05) is 7.05 Å². The fourth-order valence-corrected chi connectivity index (χ4v) is 3.47. The first-order chi connectivity index (χ1) is 9.32. The summed E-state index contributed by atoms with van der Waals surface area (Å²) in [6.45, 7) is 7.06. The van der Waals surface area contributed by atoms with Crippen LogP contribution in [0, 0.1) is 5.82 Å². The highest BCUT2D eigenvalue weighted by Gasteiger charge is 2.24. The normalized spacial score (nSPS) is 11.9. The fourth-order valence-electron chi connectivity index (χ4n) is 1.99. The van der Waals surface area contributed by atoms with Crippen molar-refractivity contribution < 1.29 is 4.39 Å². The number of hydrogen-bond donors (Lipinski definition) is 1. The Labute approximate surface area is 128 Å². The number of benzene rings is 1. The molecule has 2 nitrogen and oxygen atoms in total. The summed E-state index contributed by atoms with van der Waals surface area (Å²) >= 11 is 7.48. The Morgan fingerprint density at radius 3 is 2.65 bits per heavy atom. The minimum absolute atomic E-state index is 0.0734. The molecule has 1 aromatic carbocycles. The van der Waals surface area contributed by atoms with Crippen LogP contribution < -0.4 is 5.32 Å². The Morgan fingerprint density at radius 2 is 2.05 bits per heavy atom. The van der Waals surface area contributed by atoms with Crippen LogP contribution in [-0.4, -0.2) is 12.0 Å². The summed E-state index contributed by atoms with van der Waals surface area (Å²) in [7, 11) is 1.89. The fraction of sp³-hybridized carbons (Fsp3) is 0.400. The lowest BCUT2D eigenvalue weighted by atomic mass is 9.91. The molecule has 0 aliphatic heterocycles. The average molecular weight is 313 g/mol. The van der Waals surface area contributed by atoms with Crippen molar-refractivity contribution in [3.63, 3.8) is 0 Å². The van der Waals surface area contributed by atoms with E-state index in [9.17, 15) is 4.39 Å². The number of rotatable bonds is 3. The van der Waals surface area contributed by atoms with Crippen molar-refractivity contribution in [1.82, 2.24) is 10.3 Å². The first kappa shape index (κ1) is 15.4. The summed E-state index contributed by atoms with van der Waals surface area (Å²) in [6.07, 6.45) is 0. The maximum Gasteiger partial charge on any atom is 0.133 e. The summed E-state index contributed by atoms with van der Waals surface area (Å²) in [6, 6.07) is 4.56. The average Bonchev–Trinajstić information content (AvgIpc) is 2.76. The lowest BCUT2D eigenvalue weighted by Crippen LogP contribution is -2.16. The van der Waals surface area contributed by atoms with Gasteiger partial charge in [-0.2, -0.15) is 0 Å². The van der Waals surface area contributed by atoms with Gasteiger partial charge in [-0.3, -0.25) is 0 Å². The van der Waals surface area contributed by atoms with E-state index in [1.807, 2.05) is 7.05 Å². The van der Waals surface area contributed by atoms with Crippen LogP contribution in [0.4, 0.5) is 4.39 Å². The van der Waals surface area contributed by atoms with Gasteiger partial charge in [0, 0.05) is 27.4 Å². The second kappa shape index (κ2) is 5.80. The highest BCUT2D eigenvalue weighted by atomic mass is 35.5. The number of halogens is 2. The lowest BCUT2D eigenvalue weighted by molar-refractivity contribution is 0.563. The Kier molecular flexibility index (Phi) is 4.47.